The molecule has 4 heteroatoms. The summed E-state index contributed by atoms with van der Waals surface area (Å²) < 4.78 is 0. The van der Waals surface area contributed by atoms with E-state index in [-0.39, 0.29) is 0 Å². The average molecular weight is 295 g/mol. The SMILES string of the molecule is CCCNC(CCSCc1cc(C)cc(C)c1)C(=O)O. The van der Waals surface area contributed by atoms with Gasteiger partial charge in [-0.05, 0) is 44.6 Å². The number of carbonyl (C=O) groups is 1. The standard InChI is InChI=1S/C16H25NO2S/c1-4-6-17-15(16(18)19)5-7-20-11-14-9-12(2)8-13(3)10-14/h8-10,15,17H,4-7,11H2,1-3H3,(H,18,19). The summed E-state index contributed by atoms with van der Waals surface area (Å²) in [6, 6.07) is 6.15. The van der Waals surface area contributed by atoms with Gasteiger partial charge in [0.2, 0.25) is 0 Å². The van der Waals surface area contributed by atoms with Crippen molar-refractivity contribution in [2.24, 2.45) is 0 Å². The molecule has 0 aromatic heterocycles. The van der Waals surface area contributed by atoms with Crippen molar-refractivity contribution in [1.82, 2.24) is 5.32 Å². The Morgan fingerprint density at radius 3 is 2.50 bits per heavy atom. The predicted molar refractivity (Wildman–Crippen MR) is 86.4 cm³/mol. The van der Waals surface area contributed by atoms with Crippen molar-refractivity contribution in [2.45, 2.75) is 45.4 Å². The first-order chi connectivity index (χ1) is 9.52. The minimum Gasteiger partial charge on any atom is -0.480 e. The van der Waals surface area contributed by atoms with E-state index in [0.717, 1.165) is 24.5 Å². The van der Waals surface area contributed by atoms with Crippen LogP contribution in [0.15, 0.2) is 18.2 Å². The third-order valence-corrected chi connectivity index (χ3v) is 4.10. The fourth-order valence-electron chi connectivity index (χ4n) is 2.17. The molecule has 0 bridgehead atoms. The molecule has 1 atom stereocenters. The van der Waals surface area contributed by atoms with E-state index in [4.69, 9.17) is 5.11 Å². The maximum Gasteiger partial charge on any atom is 0.320 e. The molecular weight excluding hydrogens is 270 g/mol. The third-order valence-electron chi connectivity index (χ3n) is 3.04. The van der Waals surface area contributed by atoms with Crippen LogP contribution in [0.2, 0.25) is 0 Å². The second kappa shape index (κ2) is 9.03. The first-order valence-corrected chi connectivity index (χ1v) is 8.29. The lowest BCUT2D eigenvalue weighted by Gasteiger charge is -2.13. The molecular formula is C16H25NO2S. The molecule has 1 aromatic rings. The maximum absolute atomic E-state index is 11.1. The van der Waals surface area contributed by atoms with Gasteiger partial charge in [0, 0.05) is 5.75 Å². The molecule has 0 saturated heterocycles. The van der Waals surface area contributed by atoms with Crippen molar-refractivity contribution in [3.63, 3.8) is 0 Å². The Morgan fingerprint density at radius 2 is 1.95 bits per heavy atom. The zero-order valence-electron chi connectivity index (χ0n) is 12.6. The molecule has 1 aromatic carbocycles. The Bertz CT molecular complexity index is 414. The Labute approximate surface area is 126 Å². The van der Waals surface area contributed by atoms with Crippen LogP contribution >= 0.6 is 11.8 Å². The lowest BCUT2D eigenvalue weighted by molar-refractivity contribution is -0.139. The van der Waals surface area contributed by atoms with Gasteiger partial charge in [-0.1, -0.05) is 36.2 Å². The van der Waals surface area contributed by atoms with E-state index in [1.165, 1.54) is 16.7 Å². The van der Waals surface area contributed by atoms with Crippen LogP contribution in [-0.4, -0.2) is 29.4 Å². The van der Waals surface area contributed by atoms with Crippen LogP contribution in [0.4, 0.5) is 0 Å². The van der Waals surface area contributed by atoms with Crippen LogP contribution < -0.4 is 5.32 Å². The number of carboxylic acid groups (broad SMARTS) is 1. The smallest absolute Gasteiger partial charge is 0.320 e. The Hall–Kier alpha value is -1.00. The Morgan fingerprint density at radius 1 is 1.30 bits per heavy atom. The van der Waals surface area contributed by atoms with Crippen LogP contribution in [0.25, 0.3) is 0 Å². The van der Waals surface area contributed by atoms with E-state index in [1.54, 1.807) is 11.8 Å². The van der Waals surface area contributed by atoms with Crippen LogP contribution in [0, 0.1) is 13.8 Å². The monoisotopic (exact) mass is 295 g/mol. The molecule has 0 aliphatic rings. The van der Waals surface area contributed by atoms with Crippen molar-refractivity contribution in [3.05, 3.63) is 34.9 Å². The highest BCUT2D eigenvalue weighted by atomic mass is 32.2. The summed E-state index contributed by atoms with van der Waals surface area (Å²) in [6.45, 7) is 7.02. The van der Waals surface area contributed by atoms with Crippen molar-refractivity contribution in [3.8, 4) is 0 Å². The summed E-state index contributed by atoms with van der Waals surface area (Å²) in [5.74, 6) is 1.06. The highest BCUT2D eigenvalue weighted by Gasteiger charge is 2.15. The molecule has 0 amide bonds. The predicted octanol–water partition coefficient (Wildman–Crippen LogP) is 3.38. The molecule has 1 rings (SSSR count). The maximum atomic E-state index is 11.1. The highest BCUT2D eigenvalue weighted by molar-refractivity contribution is 7.98. The molecule has 0 radical (unpaired) electrons. The molecule has 1 unspecified atom stereocenters. The highest BCUT2D eigenvalue weighted by Crippen LogP contribution is 2.17. The van der Waals surface area contributed by atoms with Gasteiger partial charge in [0.15, 0.2) is 0 Å². The fraction of sp³-hybridized carbons (Fsp3) is 0.562. The number of benzene rings is 1. The lowest BCUT2D eigenvalue weighted by atomic mass is 10.1. The van der Waals surface area contributed by atoms with Gasteiger partial charge in [0.05, 0.1) is 0 Å². The number of carboxylic acids is 1. The molecule has 0 heterocycles. The number of hydrogen-bond donors (Lipinski definition) is 2. The number of rotatable bonds is 9. The summed E-state index contributed by atoms with van der Waals surface area (Å²) in [7, 11) is 0. The summed E-state index contributed by atoms with van der Waals surface area (Å²) in [6.07, 6.45) is 1.63. The second-order valence-corrected chi connectivity index (χ2v) is 6.29. The molecule has 0 saturated carbocycles. The summed E-state index contributed by atoms with van der Waals surface area (Å²) in [4.78, 5) is 11.1. The fourth-order valence-corrected chi connectivity index (χ4v) is 3.12. The summed E-state index contributed by atoms with van der Waals surface area (Å²) >= 11 is 1.80. The van der Waals surface area contributed by atoms with Crippen molar-refractivity contribution >= 4 is 17.7 Å². The first kappa shape index (κ1) is 17.1. The normalized spacial score (nSPS) is 12.3. The van der Waals surface area contributed by atoms with Gasteiger partial charge in [0.1, 0.15) is 6.04 Å². The largest absolute Gasteiger partial charge is 0.480 e. The van der Waals surface area contributed by atoms with Crippen LogP contribution in [0.1, 0.15) is 36.5 Å². The lowest BCUT2D eigenvalue weighted by Crippen LogP contribution is -2.37. The van der Waals surface area contributed by atoms with Crippen molar-refractivity contribution < 1.29 is 9.90 Å². The minimum atomic E-state index is -0.745. The van der Waals surface area contributed by atoms with Gasteiger partial charge in [-0.3, -0.25) is 4.79 Å². The van der Waals surface area contributed by atoms with E-state index in [0.29, 0.717) is 6.42 Å². The van der Waals surface area contributed by atoms with Crippen LogP contribution in [0.5, 0.6) is 0 Å². The molecule has 0 aliphatic carbocycles. The summed E-state index contributed by atoms with van der Waals surface area (Å²) in [5, 5.41) is 12.2. The van der Waals surface area contributed by atoms with Gasteiger partial charge >= 0.3 is 5.97 Å². The van der Waals surface area contributed by atoms with E-state index in [9.17, 15) is 4.79 Å². The quantitative estimate of drug-likeness (QED) is 0.686. The minimum absolute atomic E-state index is 0.415. The first-order valence-electron chi connectivity index (χ1n) is 7.14. The van der Waals surface area contributed by atoms with Gasteiger partial charge in [-0.2, -0.15) is 11.8 Å². The van der Waals surface area contributed by atoms with Gasteiger partial charge < -0.3 is 10.4 Å². The second-order valence-electron chi connectivity index (χ2n) is 5.18. The van der Waals surface area contributed by atoms with E-state index in [2.05, 4.69) is 37.4 Å². The third kappa shape index (κ3) is 6.44. The molecule has 20 heavy (non-hydrogen) atoms. The van der Waals surface area contributed by atoms with Gasteiger partial charge in [0.25, 0.3) is 0 Å². The van der Waals surface area contributed by atoms with E-state index < -0.39 is 12.0 Å². The van der Waals surface area contributed by atoms with Crippen molar-refractivity contribution in [2.75, 3.05) is 12.3 Å². The van der Waals surface area contributed by atoms with E-state index in [1.807, 2.05) is 6.92 Å². The van der Waals surface area contributed by atoms with Crippen LogP contribution in [0.3, 0.4) is 0 Å². The van der Waals surface area contributed by atoms with Crippen molar-refractivity contribution in [1.29, 1.82) is 0 Å². The molecule has 2 N–H and O–H groups in total. The topological polar surface area (TPSA) is 49.3 Å². The molecule has 0 spiro atoms. The van der Waals surface area contributed by atoms with Gasteiger partial charge in [-0.25, -0.2) is 0 Å². The molecule has 3 nitrogen and oxygen atoms in total. The number of thioether (sulfide) groups is 1. The van der Waals surface area contributed by atoms with Crippen LogP contribution in [-0.2, 0) is 10.5 Å². The molecule has 0 fully saturated rings. The average Bonchev–Trinajstić information content (AvgIpc) is 2.36. The number of nitrogens with one attached hydrogen (secondary N) is 1. The number of aryl methyl sites for hydroxylation is 2. The van der Waals surface area contributed by atoms with E-state index >= 15 is 0 Å². The Kier molecular flexibility index (Phi) is 7.70. The molecule has 112 valence electrons. The zero-order chi connectivity index (χ0) is 15.0. The number of hydrogen-bond acceptors (Lipinski definition) is 3. The van der Waals surface area contributed by atoms with Gasteiger partial charge in [-0.15, -0.1) is 0 Å². The number of aliphatic carboxylic acids is 1. The summed E-state index contributed by atoms with van der Waals surface area (Å²) in [5.41, 5.74) is 3.89. The Balaban J connectivity index is 2.34. The molecule has 0 aliphatic heterocycles. The zero-order valence-corrected chi connectivity index (χ0v) is 13.4.